The Balaban J connectivity index is 2.35. The molecule has 0 aromatic carbocycles. The summed E-state index contributed by atoms with van der Waals surface area (Å²) in [5, 5.41) is 28.6. The fourth-order valence-electron chi connectivity index (χ4n) is 2.14. The normalized spacial score (nSPS) is 29.0. The first-order valence-electron chi connectivity index (χ1n) is 6.54. The van der Waals surface area contributed by atoms with Gasteiger partial charge in [0.1, 0.15) is 18.3 Å². The quantitative estimate of drug-likeness (QED) is 0.480. The number of aliphatic hydroxyl groups excluding tert-OH is 3. The van der Waals surface area contributed by atoms with Gasteiger partial charge in [0.25, 0.3) is 5.56 Å². The highest BCUT2D eigenvalue weighted by molar-refractivity contribution is 5.05. The SMILES string of the molecule is CCOCc1cn([C@@H]2O[C@H](CO)C(O)[C@@H]2O)c(=O)[nH]c1=O. The van der Waals surface area contributed by atoms with Gasteiger partial charge in [0, 0.05) is 12.8 Å². The zero-order valence-electron chi connectivity index (χ0n) is 11.4. The van der Waals surface area contributed by atoms with Crippen LogP contribution in [-0.4, -0.2) is 56.4 Å². The van der Waals surface area contributed by atoms with Gasteiger partial charge in [0.05, 0.1) is 18.8 Å². The van der Waals surface area contributed by atoms with Crippen molar-refractivity contribution in [2.24, 2.45) is 0 Å². The minimum Gasteiger partial charge on any atom is -0.394 e. The molecule has 1 aromatic heterocycles. The molecule has 2 heterocycles. The summed E-state index contributed by atoms with van der Waals surface area (Å²) < 4.78 is 11.3. The smallest absolute Gasteiger partial charge is 0.330 e. The Morgan fingerprint density at radius 2 is 2.10 bits per heavy atom. The van der Waals surface area contributed by atoms with E-state index in [1.165, 1.54) is 6.20 Å². The summed E-state index contributed by atoms with van der Waals surface area (Å²) in [6, 6.07) is 0. The Bertz CT molecular complexity index is 596. The van der Waals surface area contributed by atoms with Gasteiger partial charge in [-0.2, -0.15) is 0 Å². The van der Waals surface area contributed by atoms with Crippen LogP contribution in [0.3, 0.4) is 0 Å². The summed E-state index contributed by atoms with van der Waals surface area (Å²) in [6.07, 6.45) is -3.70. The lowest BCUT2D eigenvalue weighted by atomic mass is 10.1. The van der Waals surface area contributed by atoms with Crippen LogP contribution in [0.1, 0.15) is 18.7 Å². The summed E-state index contributed by atoms with van der Waals surface area (Å²) in [5.41, 5.74) is -1.18. The van der Waals surface area contributed by atoms with Crippen LogP contribution in [0.15, 0.2) is 15.8 Å². The van der Waals surface area contributed by atoms with Crippen molar-refractivity contribution in [2.75, 3.05) is 13.2 Å². The summed E-state index contributed by atoms with van der Waals surface area (Å²) in [4.78, 5) is 25.6. The molecular formula is C12H18N2O7. The minimum absolute atomic E-state index is 0.000903. The molecule has 1 fully saturated rings. The molecule has 1 unspecified atom stereocenters. The average Bonchev–Trinajstić information content (AvgIpc) is 2.74. The molecule has 0 saturated carbocycles. The maximum Gasteiger partial charge on any atom is 0.330 e. The number of hydrogen-bond acceptors (Lipinski definition) is 7. The Hall–Kier alpha value is -1.52. The van der Waals surface area contributed by atoms with Crippen LogP contribution in [0, 0.1) is 0 Å². The number of aliphatic hydroxyl groups is 3. The van der Waals surface area contributed by atoms with Gasteiger partial charge < -0.3 is 24.8 Å². The monoisotopic (exact) mass is 302 g/mol. The van der Waals surface area contributed by atoms with E-state index in [0.29, 0.717) is 6.61 Å². The van der Waals surface area contributed by atoms with Crippen LogP contribution in [0.4, 0.5) is 0 Å². The molecule has 0 bridgehead atoms. The lowest BCUT2D eigenvalue weighted by Crippen LogP contribution is -2.39. The number of nitrogens with zero attached hydrogens (tertiary/aromatic N) is 1. The highest BCUT2D eigenvalue weighted by atomic mass is 16.6. The summed E-state index contributed by atoms with van der Waals surface area (Å²) in [6.45, 7) is 1.65. The zero-order valence-corrected chi connectivity index (χ0v) is 11.4. The molecule has 118 valence electrons. The Morgan fingerprint density at radius 1 is 1.38 bits per heavy atom. The van der Waals surface area contributed by atoms with E-state index in [9.17, 15) is 19.8 Å². The maximum atomic E-state index is 11.8. The van der Waals surface area contributed by atoms with E-state index in [-0.39, 0.29) is 12.2 Å². The van der Waals surface area contributed by atoms with Crippen LogP contribution in [0.5, 0.6) is 0 Å². The number of aromatic amines is 1. The standard InChI is InChI=1S/C12H18N2O7/c1-2-20-5-6-3-14(12(19)13-10(6)18)11-9(17)8(16)7(4-15)21-11/h3,7-9,11,15-17H,2,4-5H2,1H3,(H,13,18,19)/t7-,8?,9+,11-/m1/s1. The summed E-state index contributed by atoms with van der Waals surface area (Å²) in [7, 11) is 0. The third kappa shape index (κ3) is 3.06. The second kappa shape index (κ2) is 6.50. The van der Waals surface area contributed by atoms with E-state index in [1.54, 1.807) is 6.92 Å². The van der Waals surface area contributed by atoms with Crippen molar-refractivity contribution in [3.8, 4) is 0 Å². The molecule has 4 atom stereocenters. The number of hydrogen-bond donors (Lipinski definition) is 4. The molecule has 1 aliphatic heterocycles. The van der Waals surface area contributed by atoms with E-state index in [0.717, 1.165) is 4.57 Å². The molecule has 9 heteroatoms. The Kier molecular flexibility index (Phi) is 4.91. The highest BCUT2D eigenvalue weighted by Gasteiger charge is 2.43. The lowest BCUT2D eigenvalue weighted by molar-refractivity contribution is -0.0553. The van der Waals surface area contributed by atoms with Gasteiger partial charge in [-0.3, -0.25) is 14.3 Å². The topological polar surface area (TPSA) is 134 Å². The molecule has 0 aliphatic carbocycles. The molecule has 2 rings (SSSR count). The van der Waals surface area contributed by atoms with Gasteiger partial charge in [-0.25, -0.2) is 4.79 Å². The van der Waals surface area contributed by atoms with E-state index in [2.05, 4.69) is 4.98 Å². The first kappa shape index (κ1) is 15.9. The van der Waals surface area contributed by atoms with E-state index < -0.39 is 42.4 Å². The predicted molar refractivity (Wildman–Crippen MR) is 69.7 cm³/mol. The lowest BCUT2D eigenvalue weighted by Gasteiger charge is -2.17. The fraction of sp³-hybridized carbons (Fsp3) is 0.667. The fourth-order valence-corrected chi connectivity index (χ4v) is 2.14. The minimum atomic E-state index is -1.40. The van der Waals surface area contributed by atoms with Crippen molar-refractivity contribution in [2.45, 2.75) is 38.1 Å². The number of aromatic nitrogens is 2. The van der Waals surface area contributed by atoms with E-state index >= 15 is 0 Å². The molecular weight excluding hydrogens is 284 g/mol. The number of nitrogens with one attached hydrogen (secondary N) is 1. The van der Waals surface area contributed by atoms with Crippen molar-refractivity contribution in [1.29, 1.82) is 0 Å². The van der Waals surface area contributed by atoms with Crippen molar-refractivity contribution >= 4 is 0 Å². The second-order valence-corrected chi connectivity index (χ2v) is 4.69. The Labute approximate surface area is 119 Å². The second-order valence-electron chi connectivity index (χ2n) is 4.69. The van der Waals surface area contributed by atoms with Crippen LogP contribution >= 0.6 is 0 Å². The third-order valence-corrected chi connectivity index (χ3v) is 3.29. The van der Waals surface area contributed by atoms with Crippen LogP contribution in [0.25, 0.3) is 0 Å². The summed E-state index contributed by atoms with van der Waals surface area (Å²) in [5.74, 6) is 0. The highest BCUT2D eigenvalue weighted by Crippen LogP contribution is 2.27. The molecule has 0 spiro atoms. The van der Waals surface area contributed by atoms with E-state index in [1.807, 2.05) is 0 Å². The first-order chi connectivity index (χ1) is 9.99. The average molecular weight is 302 g/mol. The molecule has 1 saturated heterocycles. The van der Waals surface area contributed by atoms with Gasteiger partial charge in [0.2, 0.25) is 0 Å². The van der Waals surface area contributed by atoms with Crippen LogP contribution in [0.2, 0.25) is 0 Å². The number of H-pyrrole nitrogens is 1. The van der Waals surface area contributed by atoms with E-state index in [4.69, 9.17) is 14.6 Å². The van der Waals surface area contributed by atoms with Gasteiger partial charge in [-0.15, -0.1) is 0 Å². The van der Waals surface area contributed by atoms with Crippen molar-refractivity contribution in [3.63, 3.8) is 0 Å². The maximum absolute atomic E-state index is 11.8. The molecule has 1 aliphatic rings. The van der Waals surface area contributed by atoms with Crippen molar-refractivity contribution < 1.29 is 24.8 Å². The van der Waals surface area contributed by atoms with Crippen LogP contribution in [-0.2, 0) is 16.1 Å². The van der Waals surface area contributed by atoms with Gasteiger partial charge >= 0.3 is 5.69 Å². The number of rotatable bonds is 5. The first-order valence-corrected chi connectivity index (χ1v) is 6.54. The number of ether oxygens (including phenoxy) is 2. The zero-order chi connectivity index (χ0) is 15.6. The van der Waals surface area contributed by atoms with Crippen LogP contribution < -0.4 is 11.2 Å². The molecule has 9 nitrogen and oxygen atoms in total. The van der Waals surface area contributed by atoms with Gasteiger partial charge in [-0.1, -0.05) is 0 Å². The molecule has 0 radical (unpaired) electrons. The molecule has 4 N–H and O–H groups in total. The summed E-state index contributed by atoms with van der Waals surface area (Å²) >= 11 is 0. The molecule has 0 amide bonds. The molecule has 21 heavy (non-hydrogen) atoms. The van der Waals surface area contributed by atoms with Crippen molar-refractivity contribution in [1.82, 2.24) is 9.55 Å². The van der Waals surface area contributed by atoms with Crippen molar-refractivity contribution in [3.05, 3.63) is 32.6 Å². The predicted octanol–water partition coefficient (Wildman–Crippen LogP) is -2.32. The van der Waals surface area contributed by atoms with Gasteiger partial charge in [-0.05, 0) is 6.92 Å². The molecule has 1 aromatic rings. The largest absolute Gasteiger partial charge is 0.394 e. The Morgan fingerprint density at radius 3 is 2.67 bits per heavy atom. The third-order valence-electron chi connectivity index (χ3n) is 3.29. The van der Waals surface area contributed by atoms with Gasteiger partial charge in [0.15, 0.2) is 6.23 Å².